The highest BCUT2D eigenvalue weighted by molar-refractivity contribution is 7.89. The number of nitrogens with two attached hydrogens (primary N) is 1. The Morgan fingerprint density at radius 3 is 2.39 bits per heavy atom. The fraction of sp³-hybridized carbons (Fsp3) is 0.350. The Hall–Kier alpha value is -1.93. The molecule has 1 unspecified atom stereocenters. The van der Waals surface area contributed by atoms with Crippen LogP contribution in [0.2, 0.25) is 0 Å². The van der Waals surface area contributed by atoms with Gasteiger partial charge in [-0.15, -0.1) is 12.4 Å². The summed E-state index contributed by atoms with van der Waals surface area (Å²) in [4.78, 5) is 12.5. The lowest BCUT2D eigenvalue weighted by atomic mass is 10.0. The monoisotopic (exact) mass is 423 g/mol. The molecule has 1 fully saturated rings. The largest absolute Gasteiger partial charge is 0.326 e. The van der Waals surface area contributed by atoms with E-state index in [1.807, 2.05) is 30.3 Å². The van der Waals surface area contributed by atoms with Gasteiger partial charge in [0.2, 0.25) is 15.9 Å². The molecule has 0 aromatic heterocycles. The predicted octanol–water partition coefficient (Wildman–Crippen LogP) is 3.31. The summed E-state index contributed by atoms with van der Waals surface area (Å²) in [5.74, 6) is -0.251. The Kier molecular flexibility index (Phi) is 8.00. The standard InChI is InChI=1S/C20H25N3O3S.ClH/c21-19(16-8-3-1-4-9-16)15-20(24)22-17-10-7-11-18(14-17)27(25,26)23-12-5-2-6-13-23;/h1,3-4,7-11,14,19H,2,5-6,12-13,15,21H2,(H,22,24);1H. The molecule has 0 spiro atoms. The summed E-state index contributed by atoms with van der Waals surface area (Å²) in [6.07, 6.45) is 2.94. The van der Waals surface area contributed by atoms with Crippen molar-refractivity contribution < 1.29 is 13.2 Å². The second-order valence-electron chi connectivity index (χ2n) is 6.76. The summed E-state index contributed by atoms with van der Waals surface area (Å²) in [5.41, 5.74) is 7.42. The highest BCUT2D eigenvalue weighted by atomic mass is 35.5. The molecule has 3 N–H and O–H groups in total. The van der Waals surface area contributed by atoms with Gasteiger partial charge in [-0.2, -0.15) is 4.31 Å². The third-order valence-electron chi connectivity index (χ3n) is 4.70. The van der Waals surface area contributed by atoms with E-state index in [-0.39, 0.29) is 29.6 Å². The second kappa shape index (κ2) is 10.0. The maximum absolute atomic E-state index is 12.8. The van der Waals surface area contributed by atoms with E-state index in [0.29, 0.717) is 18.8 Å². The van der Waals surface area contributed by atoms with Crippen LogP contribution in [-0.2, 0) is 14.8 Å². The number of sulfonamides is 1. The van der Waals surface area contributed by atoms with E-state index in [1.54, 1.807) is 18.2 Å². The molecule has 3 rings (SSSR count). The number of rotatable bonds is 6. The van der Waals surface area contributed by atoms with Crippen LogP contribution in [0.4, 0.5) is 5.69 Å². The second-order valence-corrected chi connectivity index (χ2v) is 8.70. The maximum atomic E-state index is 12.8. The third kappa shape index (κ3) is 5.54. The molecule has 1 aliphatic heterocycles. The van der Waals surface area contributed by atoms with Crippen LogP contribution in [0.15, 0.2) is 59.5 Å². The predicted molar refractivity (Wildman–Crippen MR) is 113 cm³/mol. The Balaban J connectivity index is 0.00000280. The number of carbonyl (C=O) groups excluding carboxylic acids is 1. The topological polar surface area (TPSA) is 92.5 Å². The highest BCUT2D eigenvalue weighted by Crippen LogP contribution is 2.23. The SMILES string of the molecule is Cl.NC(CC(=O)Nc1cccc(S(=O)(=O)N2CCCCC2)c1)c1ccccc1. The van der Waals surface area contributed by atoms with Crippen molar-refractivity contribution >= 4 is 34.0 Å². The van der Waals surface area contributed by atoms with Gasteiger partial charge in [-0.05, 0) is 36.6 Å². The Morgan fingerprint density at radius 1 is 1.04 bits per heavy atom. The van der Waals surface area contributed by atoms with E-state index in [4.69, 9.17) is 5.73 Å². The van der Waals surface area contributed by atoms with Crippen molar-refractivity contribution in [2.75, 3.05) is 18.4 Å². The van der Waals surface area contributed by atoms with Crippen LogP contribution >= 0.6 is 12.4 Å². The van der Waals surface area contributed by atoms with Crippen molar-refractivity contribution in [1.29, 1.82) is 0 Å². The molecule has 1 aliphatic rings. The number of nitrogens with one attached hydrogen (secondary N) is 1. The number of piperidine rings is 1. The molecule has 6 nitrogen and oxygen atoms in total. The summed E-state index contributed by atoms with van der Waals surface area (Å²) < 4.78 is 27.1. The van der Waals surface area contributed by atoms with E-state index in [1.165, 1.54) is 10.4 Å². The van der Waals surface area contributed by atoms with Crippen molar-refractivity contribution in [1.82, 2.24) is 4.31 Å². The number of benzene rings is 2. The number of nitrogens with zero attached hydrogens (tertiary/aromatic N) is 1. The molecule has 2 aromatic carbocycles. The molecule has 0 aliphatic carbocycles. The lowest BCUT2D eigenvalue weighted by Gasteiger charge is -2.26. The number of hydrogen-bond acceptors (Lipinski definition) is 4. The number of carbonyl (C=O) groups is 1. The molecule has 8 heteroatoms. The summed E-state index contributed by atoms with van der Waals surface area (Å²) in [7, 11) is -3.53. The molecule has 1 atom stereocenters. The van der Waals surface area contributed by atoms with Crippen molar-refractivity contribution in [3.63, 3.8) is 0 Å². The van der Waals surface area contributed by atoms with E-state index in [9.17, 15) is 13.2 Å². The molecular formula is C20H26ClN3O3S. The zero-order chi connectivity index (χ0) is 19.3. The Bertz CT molecular complexity index is 885. The van der Waals surface area contributed by atoms with Gasteiger partial charge in [0.1, 0.15) is 0 Å². The number of amides is 1. The number of hydrogen-bond donors (Lipinski definition) is 2. The van der Waals surface area contributed by atoms with Crippen LogP contribution in [-0.4, -0.2) is 31.7 Å². The summed E-state index contributed by atoms with van der Waals surface area (Å²) >= 11 is 0. The quantitative estimate of drug-likeness (QED) is 0.745. The van der Waals surface area contributed by atoms with Crippen LogP contribution in [0, 0.1) is 0 Å². The molecule has 28 heavy (non-hydrogen) atoms. The van der Waals surface area contributed by atoms with Crippen molar-refractivity contribution in [2.24, 2.45) is 5.73 Å². The molecule has 0 radical (unpaired) electrons. The van der Waals surface area contributed by atoms with Gasteiger partial charge < -0.3 is 11.1 Å². The van der Waals surface area contributed by atoms with E-state index in [2.05, 4.69) is 5.32 Å². The minimum Gasteiger partial charge on any atom is -0.326 e. The molecule has 0 saturated carbocycles. The minimum atomic E-state index is -3.53. The van der Waals surface area contributed by atoms with Crippen LogP contribution in [0.1, 0.15) is 37.3 Å². The fourth-order valence-electron chi connectivity index (χ4n) is 3.22. The zero-order valence-corrected chi connectivity index (χ0v) is 17.2. The average molecular weight is 424 g/mol. The summed E-state index contributed by atoms with van der Waals surface area (Å²) in [5, 5.41) is 2.76. The molecule has 1 heterocycles. The fourth-order valence-corrected chi connectivity index (χ4v) is 4.78. The van der Waals surface area contributed by atoms with Gasteiger partial charge >= 0.3 is 0 Å². The lowest BCUT2D eigenvalue weighted by molar-refractivity contribution is -0.116. The maximum Gasteiger partial charge on any atom is 0.243 e. The summed E-state index contributed by atoms with van der Waals surface area (Å²) in [6, 6.07) is 15.4. The van der Waals surface area contributed by atoms with Crippen molar-refractivity contribution in [3.8, 4) is 0 Å². The molecule has 0 bridgehead atoms. The van der Waals surface area contributed by atoms with Crippen LogP contribution in [0.25, 0.3) is 0 Å². The van der Waals surface area contributed by atoms with Gasteiger partial charge in [0.15, 0.2) is 0 Å². The first kappa shape index (κ1) is 22.4. The minimum absolute atomic E-state index is 0. The molecule has 1 saturated heterocycles. The van der Waals surface area contributed by atoms with Crippen molar-refractivity contribution in [2.45, 2.75) is 36.6 Å². The van der Waals surface area contributed by atoms with Gasteiger partial charge in [-0.3, -0.25) is 4.79 Å². The van der Waals surface area contributed by atoms with Crippen LogP contribution in [0.5, 0.6) is 0 Å². The first-order valence-corrected chi connectivity index (χ1v) is 10.6. The smallest absolute Gasteiger partial charge is 0.243 e. The van der Waals surface area contributed by atoms with E-state index < -0.39 is 16.1 Å². The van der Waals surface area contributed by atoms with Gasteiger partial charge in [0.25, 0.3) is 0 Å². The Morgan fingerprint density at radius 2 is 1.71 bits per heavy atom. The van der Waals surface area contributed by atoms with E-state index >= 15 is 0 Å². The number of halogens is 1. The van der Waals surface area contributed by atoms with Gasteiger partial charge in [0.05, 0.1) is 4.90 Å². The molecule has 2 aromatic rings. The van der Waals surface area contributed by atoms with Crippen LogP contribution in [0.3, 0.4) is 0 Å². The normalized spacial score (nSPS) is 16.0. The molecule has 152 valence electrons. The first-order chi connectivity index (χ1) is 13.0. The van der Waals surface area contributed by atoms with Gasteiger partial charge in [-0.1, -0.05) is 42.8 Å². The van der Waals surface area contributed by atoms with Crippen LogP contribution < -0.4 is 11.1 Å². The van der Waals surface area contributed by atoms with E-state index in [0.717, 1.165) is 24.8 Å². The van der Waals surface area contributed by atoms with Gasteiger partial charge in [-0.25, -0.2) is 8.42 Å². The zero-order valence-electron chi connectivity index (χ0n) is 15.6. The summed E-state index contributed by atoms with van der Waals surface area (Å²) in [6.45, 7) is 1.09. The van der Waals surface area contributed by atoms with Gasteiger partial charge in [0, 0.05) is 31.2 Å². The first-order valence-electron chi connectivity index (χ1n) is 9.17. The number of anilines is 1. The highest BCUT2D eigenvalue weighted by Gasteiger charge is 2.26. The molecule has 1 amide bonds. The van der Waals surface area contributed by atoms with Crippen molar-refractivity contribution in [3.05, 3.63) is 60.2 Å². The Labute approximate surface area is 172 Å². The lowest BCUT2D eigenvalue weighted by Crippen LogP contribution is -2.35. The third-order valence-corrected chi connectivity index (χ3v) is 6.60. The molecular weight excluding hydrogens is 398 g/mol. The average Bonchev–Trinajstić information content (AvgIpc) is 2.69.